The highest BCUT2D eigenvalue weighted by molar-refractivity contribution is 5.26. The smallest absolute Gasteiger partial charge is 0.00912 e. The Morgan fingerprint density at radius 1 is 1.67 bits per heavy atom. The largest absolute Gasteiger partial charge is 0.118 e. The highest BCUT2D eigenvalue weighted by Gasteiger charge is 1.77. The number of hydrogen-bond donors (Lipinski definition) is 0. The highest BCUT2D eigenvalue weighted by Crippen LogP contribution is 1.96. The Morgan fingerprint density at radius 3 is 2.67 bits per heavy atom. The number of allylic oxidation sites excluding steroid dienone is 3. The van der Waals surface area contributed by atoms with E-state index in [0.29, 0.717) is 0 Å². The molecule has 1 aliphatic rings. The van der Waals surface area contributed by atoms with E-state index in [1.54, 1.807) is 0 Å². The average Bonchev–Trinajstić information content (AvgIpc) is 1.86. The van der Waals surface area contributed by atoms with Crippen molar-refractivity contribution >= 4 is 0 Å². The first-order chi connectivity index (χ1) is 2.89. The van der Waals surface area contributed by atoms with Gasteiger partial charge < -0.3 is 0 Å². The zero-order valence-corrected chi connectivity index (χ0v) is 3.73. The highest BCUT2D eigenvalue weighted by atomic mass is 13.8. The van der Waals surface area contributed by atoms with Crippen molar-refractivity contribution in [3.8, 4) is 0 Å². The Hall–Kier alpha value is -0.740. The van der Waals surface area contributed by atoms with Gasteiger partial charge in [-0.2, -0.15) is 0 Å². The van der Waals surface area contributed by atoms with Crippen molar-refractivity contribution in [2.24, 2.45) is 0 Å². The van der Waals surface area contributed by atoms with Gasteiger partial charge in [-0.25, -0.2) is 0 Å². The van der Waals surface area contributed by atoms with Crippen molar-refractivity contribution in [3.05, 3.63) is 29.5 Å². The fourth-order valence-electron chi connectivity index (χ4n) is 0.420. The van der Waals surface area contributed by atoms with Crippen molar-refractivity contribution < 1.29 is 0 Å². The van der Waals surface area contributed by atoms with Crippen LogP contribution in [0.5, 0.6) is 0 Å². The van der Waals surface area contributed by atoms with Gasteiger partial charge in [0, 0.05) is 0 Å². The Labute approximate surface area is 37.5 Å². The van der Waals surface area contributed by atoms with Crippen molar-refractivity contribution in [3.63, 3.8) is 0 Å². The molecule has 1 aliphatic carbocycles. The van der Waals surface area contributed by atoms with E-state index < -0.39 is 0 Å². The normalized spacial score (nSPS) is 15.8. The van der Waals surface area contributed by atoms with Gasteiger partial charge in [0.25, 0.3) is 0 Å². The molecule has 0 radical (unpaired) electrons. The number of hydrogen-bond acceptors (Lipinski definition) is 0. The summed E-state index contributed by atoms with van der Waals surface area (Å²) >= 11 is 0. The van der Waals surface area contributed by atoms with Crippen LogP contribution in [0.15, 0.2) is 29.5 Å². The molecule has 30 valence electrons. The van der Waals surface area contributed by atoms with Gasteiger partial charge in [-0.1, -0.05) is 12.2 Å². The molecule has 0 aliphatic heterocycles. The summed E-state index contributed by atoms with van der Waals surface area (Å²) in [5.74, 6) is 0. The Balaban J connectivity index is 2.98. The molecule has 0 aromatic rings. The molecule has 1 rings (SSSR count). The molecule has 0 heterocycles. The predicted octanol–water partition coefficient (Wildman–Crippen LogP) is 1.66. The maximum Gasteiger partial charge on any atom is -0.00912 e. The van der Waals surface area contributed by atoms with Crippen LogP contribution in [0, 0.1) is 0 Å². The van der Waals surface area contributed by atoms with Crippen molar-refractivity contribution in [1.82, 2.24) is 0 Å². The first kappa shape index (κ1) is 3.45. The molecular formula is C6H6. The third-order valence-corrected chi connectivity index (χ3v) is 0.753. The van der Waals surface area contributed by atoms with Crippen LogP contribution in [0.2, 0.25) is 0 Å². The second-order valence-electron chi connectivity index (χ2n) is 1.35. The maximum atomic E-state index is 3.00. The van der Waals surface area contributed by atoms with Gasteiger partial charge in [-0.3, -0.25) is 0 Å². The molecule has 0 saturated heterocycles. The van der Waals surface area contributed by atoms with Crippen LogP contribution in [0.25, 0.3) is 0 Å². The zero-order valence-electron chi connectivity index (χ0n) is 3.73. The van der Waals surface area contributed by atoms with E-state index in [1.165, 1.54) is 5.57 Å². The lowest BCUT2D eigenvalue weighted by molar-refractivity contribution is 1.58. The summed E-state index contributed by atoms with van der Waals surface area (Å²) in [4.78, 5) is 0. The van der Waals surface area contributed by atoms with E-state index in [-0.39, 0.29) is 0 Å². The molecule has 0 N–H and O–H groups in total. The monoisotopic (exact) mass is 78.0 g/mol. The van der Waals surface area contributed by atoms with Gasteiger partial charge in [-0.05, 0) is 18.6 Å². The van der Waals surface area contributed by atoms with E-state index in [9.17, 15) is 0 Å². The lowest BCUT2D eigenvalue weighted by atomic mass is 10.4. The first-order valence-corrected chi connectivity index (χ1v) is 1.99. The minimum absolute atomic E-state index is 1.22. The molecule has 0 amide bonds. The van der Waals surface area contributed by atoms with Crippen LogP contribution in [-0.4, -0.2) is 0 Å². The second-order valence-corrected chi connectivity index (χ2v) is 1.35. The Morgan fingerprint density at radius 2 is 2.50 bits per heavy atom. The SMILES string of the molecule is CC1=C=CC=C1. The molecule has 0 spiro atoms. The molecule has 0 saturated carbocycles. The van der Waals surface area contributed by atoms with E-state index in [2.05, 4.69) is 5.73 Å². The van der Waals surface area contributed by atoms with Gasteiger partial charge in [0.05, 0.1) is 0 Å². The second kappa shape index (κ2) is 1.16. The standard InChI is InChI=1S/C6H6/c1-6-4-2-3-5-6/h2-4H,1H3. The Bertz CT molecular complexity index is 132. The van der Waals surface area contributed by atoms with Gasteiger partial charge >= 0.3 is 0 Å². The van der Waals surface area contributed by atoms with Crippen LogP contribution in [-0.2, 0) is 0 Å². The summed E-state index contributed by atoms with van der Waals surface area (Å²) in [5, 5.41) is 0. The van der Waals surface area contributed by atoms with Crippen molar-refractivity contribution in [2.75, 3.05) is 0 Å². The fraction of sp³-hybridized carbons (Fsp3) is 0.167. The van der Waals surface area contributed by atoms with Crippen LogP contribution in [0.4, 0.5) is 0 Å². The molecule has 0 nitrogen and oxygen atoms in total. The minimum Gasteiger partial charge on any atom is -0.118 e. The van der Waals surface area contributed by atoms with Gasteiger partial charge in [0.1, 0.15) is 0 Å². The first-order valence-electron chi connectivity index (χ1n) is 1.99. The molecule has 6 heavy (non-hydrogen) atoms. The topological polar surface area (TPSA) is 0 Å². The van der Waals surface area contributed by atoms with E-state index in [4.69, 9.17) is 0 Å². The predicted molar refractivity (Wildman–Crippen MR) is 26.4 cm³/mol. The van der Waals surface area contributed by atoms with Crippen molar-refractivity contribution in [2.45, 2.75) is 6.92 Å². The third-order valence-electron chi connectivity index (χ3n) is 0.753. The summed E-state index contributed by atoms with van der Waals surface area (Å²) in [6.45, 7) is 2.03. The van der Waals surface area contributed by atoms with Gasteiger partial charge in [-0.15, -0.1) is 5.73 Å². The zero-order chi connectivity index (χ0) is 4.41. The van der Waals surface area contributed by atoms with Crippen LogP contribution < -0.4 is 0 Å². The molecule has 0 atom stereocenters. The molecule has 0 aromatic heterocycles. The molecule has 0 fully saturated rings. The summed E-state index contributed by atoms with van der Waals surface area (Å²) in [5.41, 5.74) is 4.22. The molecular weight excluding hydrogens is 72.1 g/mol. The number of rotatable bonds is 0. The van der Waals surface area contributed by atoms with Gasteiger partial charge in [0.2, 0.25) is 0 Å². The van der Waals surface area contributed by atoms with Crippen LogP contribution >= 0.6 is 0 Å². The lowest BCUT2D eigenvalue weighted by Crippen LogP contribution is -1.50. The van der Waals surface area contributed by atoms with Crippen LogP contribution in [0.1, 0.15) is 6.92 Å². The van der Waals surface area contributed by atoms with Crippen molar-refractivity contribution in [1.29, 1.82) is 0 Å². The Kier molecular flexibility index (Phi) is 0.664. The molecule has 0 bridgehead atoms. The quantitative estimate of drug-likeness (QED) is 0.386. The molecule has 0 unspecified atom stereocenters. The average molecular weight is 78.1 g/mol. The van der Waals surface area contributed by atoms with E-state index in [0.717, 1.165) is 0 Å². The molecule has 0 heteroatoms. The van der Waals surface area contributed by atoms with Gasteiger partial charge in [0.15, 0.2) is 0 Å². The summed E-state index contributed by atoms with van der Waals surface area (Å²) in [7, 11) is 0. The molecule has 0 aromatic carbocycles. The summed E-state index contributed by atoms with van der Waals surface area (Å²) in [6.07, 6.45) is 5.92. The van der Waals surface area contributed by atoms with Crippen LogP contribution in [0.3, 0.4) is 0 Å². The fourth-order valence-corrected chi connectivity index (χ4v) is 0.420. The lowest BCUT2D eigenvalue weighted by Gasteiger charge is -1.68. The summed E-state index contributed by atoms with van der Waals surface area (Å²) in [6, 6.07) is 0. The third kappa shape index (κ3) is 0.425. The maximum absolute atomic E-state index is 3.00. The minimum atomic E-state index is 1.22. The van der Waals surface area contributed by atoms with E-state index in [1.807, 2.05) is 25.2 Å². The summed E-state index contributed by atoms with van der Waals surface area (Å²) < 4.78 is 0. The van der Waals surface area contributed by atoms with E-state index >= 15 is 0 Å².